The highest BCUT2D eigenvalue weighted by atomic mass is 16.5. The van der Waals surface area contributed by atoms with E-state index in [-0.39, 0.29) is 36.4 Å². The molecule has 1 aliphatic carbocycles. The lowest BCUT2D eigenvalue weighted by Gasteiger charge is -2.44. The van der Waals surface area contributed by atoms with Gasteiger partial charge in [-0.3, -0.25) is 14.3 Å². The first-order chi connectivity index (χ1) is 16.6. The van der Waals surface area contributed by atoms with E-state index in [1.165, 1.54) is 6.42 Å². The Hall–Kier alpha value is -3.03. The van der Waals surface area contributed by atoms with E-state index in [4.69, 9.17) is 14.6 Å². The van der Waals surface area contributed by atoms with Crippen LogP contribution >= 0.6 is 0 Å². The van der Waals surface area contributed by atoms with E-state index in [9.17, 15) is 9.59 Å². The normalized spacial score (nSPS) is 21.0. The van der Waals surface area contributed by atoms with Crippen LogP contribution in [0.4, 0.5) is 0 Å². The van der Waals surface area contributed by atoms with Crippen molar-refractivity contribution < 1.29 is 19.1 Å². The summed E-state index contributed by atoms with van der Waals surface area (Å²) in [5.74, 6) is 0.790. The van der Waals surface area contributed by atoms with Crippen molar-refractivity contribution in [3.8, 4) is 11.5 Å². The van der Waals surface area contributed by atoms with Crippen LogP contribution in [0.25, 0.3) is 0 Å². The number of carbonyl (C=O) groups excluding carboxylic acids is 2. The van der Waals surface area contributed by atoms with Gasteiger partial charge in [0, 0.05) is 17.0 Å². The van der Waals surface area contributed by atoms with E-state index < -0.39 is 5.54 Å². The second kappa shape index (κ2) is 9.55. The topological polar surface area (TPSA) is 85.7 Å². The van der Waals surface area contributed by atoms with Gasteiger partial charge in [0.05, 0.1) is 33.0 Å². The molecule has 2 heterocycles. The monoisotopic (exact) mass is 482 g/mol. The Balaban J connectivity index is 1.75. The third kappa shape index (κ3) is 4.75. The molecule has 35 heavy (non-hydrogen) atoms. The lowest BCUT2D eigenvalue weighted by molar-refractivity contribution is -0.134. The molecule has 1 aromatic heterocycles. The van der Waals surface area contributed by atoms with Gasteiger partial charge >= 0.3 is 0 Å². The molecule has 8 nitrogen and oxygen atoms in total. The average Bonchev–Trinajstić information content (AvgIpc) is 3.26. The molecule has 1 N–H and O–H groups in total. The number of nitrogens with zero attached hydrogens (tertiary/aromatic N) is 3. The smallest absolute Gasteiger partial charge is 0.273 e. The van der Waals surface area contributed by atoms with Gasteiger partial charge in [0.2, 0.25) is 5.91 Å². The number of aromatic nitrogens is 2. The fraction of sp³-hybridized carbons (Fsp3) is 0.593. The zero-order valence-corrected chi connectivity index (χ0v) is 21.8. The molecule has 0 spiro atoms. The molecule has 1 aromatic carbocycles. The molecule has 1 atom stereocenters. The predicted octanol–water partition coefficient (Wildman–Crippen LogP) is 4.06. The van der Waals surface area contributed by atoms with Crippen molar-refractivity contribution in [3.63, 3.8) is 0 Å². The molecule has 1 unspecified atom stereocenters. The van der Waals surface area contributed by atoms with Crippen LogP contribution in [0.5, 0.6) is 11.5 Å². The number of benzene rings is 1. The summed E-state index contributed by atoms with van der Waals surface area (Å²) in [6.07, 6.45) is 5.38. The number of rotatable bonds is 6. The third-order valence-electron chi connectivity index (χ3n) is 7.31. The number of methoxy groups -OCH3 is 2. The SMILES string of the molecule is COc1cccc(CN2C(=O)c3cc(C(C)(C)C)nn3CC2(C)C(=O)NC2CCCCC2)c1OC. The number of amides is 2. The van der Waals surface area contributed by atoms with Crippen molar-refractivity contribution >= 4 is 11.8 Å². The summed E-state index contributed by atoms with van der Waals surface area (Å²) < 4.78 is 12.8. The number of ether oxygens (including phenoxy) is 2. The number of hydrogen-bond acceptors (Lipinski definition) is 5. The van der Waals surface area contributed by atoms with Gasteiger partial charge < -0.3 is 19.7 Å². The zero-order valence-electron chi connectivity index (χ0n) is 21.8. The molecule has 1 fully saturated rings. The van der Waals surface area contributed by atoms with Crippen molar-refractivity contribution in [2.24, 2.45) is 0 Å². The lowest BCUT2D eigenvalue weighted by atomic mass is 9.90. The first-order valence-electron chi connectivity index (χ1n) is 12.5. The van der Waals surface area contributed by atoms with Crippen LogP contribution in [0.1, 0.15) is 81.5 Å². The standard InChI is InChI=1S/C27H38N4O4/c1-26(2,3)22-15-20-24(32)30(16-18-11-10-14-21(34-5)23(18)35-6)27(4,17-31(20)29-22)25(33)28-19-12-8-7-9-13-19/h10-11,14-15,19H,7-9,12-13,16-17H2,1-6H3,(H,28,33). The Morgan fingerprint density at radius 2 is 1.89 bits per heavy atom. The Morgan fingerprint density at radius 3 is 2.51 bits per heavy atom. The summed E-state index contributed by atoms with van der Waals surface area (Å²) in [7, 11) is 3.17. The maximum absolute atomic E-state index is 13.9. The largest absolute Gasteiger partial charge is 0.493 e. The Bertz CT molecular complexity index is 1100. The van der Waals surface area contributed by atoms with Gasteiger partial charge in [-0.1, -0.05) is 52.2 Å². The van der Waals surface area contributed by atoms with Crippen molar-refractivity contribution in [1.82, 2.24) is 20.0 Å². The third-order valence-corrected chi connectivity index (χ3v) is 7.31. The Labute approximate surface area is 208 Å². The molecular formula is C27H38N4O4. The molecule has 0 bridgehead atoms. The summed E-state index contributed by atoms with van der Waals surface area (Å²) in [4.78, 5) is 29.4. The molecule has 2 amide bonds. The summed E-state index contributed by atoms with van der Waals surface area (Å²) in [5, 5.41) is 8.00. The fourth-order valence-electron chi connectivity index (χ4n) is 5.09. The minimum Gasteiger partial charge on any atom is -0.493 e. The van der Waals surface area contributed by atoms with Gasteiger partial charge in [0.15, 0.2) is 11.5 Å². The van der Waals surface area contributed by atoms with Gasteiger partial charge in [0.1, 0.15) is 11.2 Å². The number of fused-ring (bicyclic) bond motifs is 1. The quantitative estimate of drug-likeness (QED) is 0.671. The highest BCUT2D eigenvalue weighted by Gasteiger charge is 2.49. The zero-order chi connectivity index (χ0) is 25.4. The number of carbonyl (C=O) groups is 2. The maximum Gasteiger partial charge on any atom is 0.273 e. The molecule has 8 heteroatoms. The van der Waals surface area contributed by atoms with Crippen molar-refractivity contribution in [1.29, 1.82) is 0 Å². The molecule has 4 rings (SSSR count). The molecule has 2 aliphatic rings. The summed E-state index contributed by atoms with van der Waals surface area (Å²) in [5.41, 5.74) is 0.778. The minimum absolute atomic E-state index is 0.139. The van der Waals surface area contributed by atoms with E-state index in [0.29, 0.717) is 17.2 Å². The Morgan fingerprint density at radius 1 is 1.17 bits per heavy atom. The van der Waals surface area contributed by atoms with Gasteiger partial charge in [-0.25, -0.2) is 0 Å². The maximum atomic E-state index is 13.9. The van der Waals surface area contributed by atoms with Gasteiger partial charge in [-0.15, -0.1) is 0 Å². The van der Waals surface area contributed by atoms with Crippen LogP contribution in [-0.2, 0) is 23.3 Å². The summed E-state index contributed by atoms with van der Waals surface area (Å²) in [6, 6.07) is 7.59. The molecule has 0 radical (unpaired) electrons. The highest BCUT2D eigenvalue weighted by Crippen LogP contribution is 2.36. The minimum atomic E-state index is -1.11. The second-order valence-electron chi connectivity index (χ2n) is 10.9. The molecule has 190 valence electrons. The van der Waals surface area contributed by atoms with Gasteiger partial charge in [0.25, 0.3) is 5.91 Å². The summed E-state index contributed by atoms with van der Waals surface area (Å²) >= 11 is 0. The number of nitrogens with one attached hydrogen (secondary N) is 1. The van der Waals surface area contributed by atoms with Crippen LogP contribution in [0, 0.1) is 0 Å². The molecule has 1 saturated carbocycles. The van der Waals surface area contributed by atoms with Crippen LogP contribution in [0.3, 0.4) is 0 Å². The fourth-order valence-corrected chi connectivity index (χ4v) is 5.09. The average molecular weight is 483 g/mol. The second-order valence-corrected chi connectivity index (χ2v) is 10.9. The molecule has 1 aliphatic heterocycles. The first-order valence-corrected chi connectivity index (χ1v) is 12.5. The van der Waals surface area contributed by atoms with E-state index in [0.717, 1.165) is 36.9 Å². The van der Waals surface area contributed by atoms with Crippen LogP contribution in [0.2, 0.25) is 0 Å². The van der Waals surface area contributed by atoms with Gasteiger partial charge in [-0.2, -0.15) is 5.10 Å². The van der Waals surface area contributed by atoms with Crippen molar-refractivity contribution in [2.45, 2.75) is 89.9 Å². The van der Waals surface area contributed by atoms with Crippen LogP contribution in [-0.4, -0.2) is 52.3 Å². The van der Waals surface area contributed by atoms with Crippen molar-refractivity contribution in [3.05, 3.63) is 41.2 Å². The Kier molecular flexibility index (Phi) is 6.84. The summed E-state index contributed by atoms with van der Waals surface area (Å²) in [6.45, 7) is 8.55. The molecule has 2 aromatic rings. The van der Waals surface area contributed by atoms with Crippen LogP contribution < -0.4 is 14.8 Å². The van der Waals surface area contributed by atoms with E-state index in [1.807, 2.05) is 31.2 Å². The van der Waals surface area contributed by atoms with E-state index >= 15 is 0 Å². The number of para-hydroxylation sites is 1. The van der Waals surface area contributed by atoms with E-state index in [2.05, 4.69) is 26.1 Å². The lowest BCUT2D eigenvalue weighted by Crippen LogP contribution is -2.64. The molecular weight excluding hydrogens is 444 g/mol. The van der Waals surface area contributed by atoms with Crippen molar-refractivity contribution in [2.75, 3.05) is 14.2 Å². The van der Waals surface area contributed by atoms with Gasteiger partial charge in [-0.05, 0) is 31.9 Å². The highest BCUT2D eigenvalue weighted by molar-refractivity contribution is 5.99. The molecule has 0 saturated heterocycles. The predicted molar refractivity (Wildman–Crippen MR) is 134 cm³/mol. The van der Waals surface area contributed by atoms with E-state index in [1.54, 1.807) is 23.8 Å². The van der Waals surface area contributed by atoms with Crippen LogP contribution in [0.15, 0.2) is 24.3 Å². The number of hydrogen-bond donors (Lipinski definition) is 1. The first kappa shape index (κ1) is 25.1.